The summed E-state index contributed by atoms with van der Waals surface area (Å²) in [5.41, 5.74) is 0.582. The Bertz CT molecular complexity index is 1370. The summed E-state index contributed by atoms with van der Waals surface area (Å²) in [7, 11) is 0. The highest BCUT2D eigenvalue weighted by atomic mass is 19.3. The number of para-hydroxylation sites is 1. The summed E-state index contributed by atoms with van der Waals surface area (Å²) in [5, 5.41) is 22.2. The first kappa shape index (κ1) is 23.1. The van der Waals surface area contributed by atoms with Gasteiger partial charge in [-0.2, -0.15) is 5.26 Å². The molecular weight excluding hydrogens is 446 g/mol. The number of nitriles is 1. The SMILES string of the molecule is Cc1cn2c(=O)c(C#N)c(N3CCC(F)(F)CC3)nc2c(C(C)Nc2ccccc2C(=O)O)n1. The number of aromatic carboxylic acids is 1. The summed E-state index contributed by atoms with van der Waals surface area (Å²) in [6, 6.07) is 7.68. The number of piperidine rings is 1. The molecular formula is C23H22F2N6O3. The number of fused-ring (bicyclic) bond motifs is 1. The van der Waals surface area contributed by atoms with E-state index in [9.17, 15) is 28.7 Å². The van der Waals surface area contributed by atoms with E-state index >= 15 is 0 Å². The van der Waals surface area contributed by atoms with Crippen LogP contribution in [0.4, 0.5) is 20.3 Å². The van der Waals surface area contributed by atoms with E-state index in [4.69, 9.17) is 0 Å². The first-order chi connectivity index (χ1) is 16.1. The molecule has 0 saturated carbocycles. The number of nitrogens with zero attached hydrogens (tertiary/aromatic N) is 5. The maximum absolute atomic E-state index is 13.7. The van der Waals surface area contributed by atoms with E-state index in [0.29, 0.717) is 17.1 Å². The molecule has 0 radical (unpaired) electrons. The molecule has 1 aliphatic rings. The molecule has 1 saturated heterocycles. The van der Waals surface area contributed by atoms with Gasteiger partial charge in [0.2, 0.25) is 0 Å². The Kier molecular flexibility index (Phi) is 5.91. The lowest BCUT2D eigenvalue weighted by Crippen LogP contribution is -2.41. The van der Waals surface area contributed by atoms with Gasteiger partial charge in [-0.25, -0.2) is 18.6 Å². The van der Waals surface area contributed by atoms with E-state index in [1.807, 2.05) is 6.07 Å². The predicted molar refractivity (Wildman–Crippen MR) is 121 cm³/mol. The van der Waals surface area contributed by atoms with Gasteiger partial charge >= 0.3 is 5.97 Å². The van der Waals surface area contributed by atoms with Gasteiger partial charge in [-0.1, -0.05) is 12.1 Å². The quantitative estimate of drug-likeness (QED) is 0.584. The molecule has 4 rings (SSSR count). The number of alkyl halides is 2. The van der Waals surface area contributed by atoms with Crippen LogP contribution in [-0.2, 0) is 0 Å². The van der Waals surface area contributed by atoms with Crippen molar-refractivity contribution < 1.29 is 18.7 Å². The summed E-state index contributed by atoms with van der Waals surface area (Å²) in [6.07, 6.45) is 0.658. The largest absolute Gasteiger partial charge is 0.478 e. The fourth-order valence-corrected chi connectivity index (χ4v) is 4.04. The van der Waals surface area contributed by atoms with Crippen molar-refractivity contribution in [3.8, 4) is 6.07 Å². The number of hydrogen-bond acceptors (Lipinski definition) is 7. The highest BCUT2D eigenvalue weighted by molar-refractivity contribution is 5.94. The third kappa shape index (κ3) is 4.26. The van der Waals surface area contributed by atoms with Crippen LogP contribution in [0.3, 0.4) is 0 Å². The lowest BCUT2D eigenvalue weighted by molar-refractivity contribution is -0.0221. The maximum atomic E-state index is 13.7. The highest BCUT2D eigenvalue weighted by Crippen LogP contribution is 2.31. The van der Waals surface area contributed by atoms with Crippen LogP contribution < -0.4 is 15.8 Å². The number of halogens is 2. The van der Waals surface area contributed by atoms with Crippen molar-refractivity contribution in [2.24, 2.45) is 0 Å². The van der Waals surface area contributed by atoms with Crippen molar-refractivity contribution in [1.29, 1.82) is 5.26 Å². The first-order valence-electron chi connectivity index (χ1n) is 10.7. The van der Waals surface area contributed by atoms with Gasteiger partial charge in [0.25, 0.3) is 11.5 Å². The van der Waals surface area contributed by atoms with Crippen LogP contribution in [0, 0.1) is 18.3 Å². The molecule has 2 N–H and O–H groups in total. The fourth-order valence-electron chi connectivity index (χ4n) is 4.04. The number of rotatable bonds is 5. The minimum Gasteiger partial charge on any atom is -0.478 e. The Balaban J connectivity index is 1.83. The molecule has 0 amide bonds. The van der Waals surface area contributed by atoms with Crippen molar-refractivity contribution in [2.45, 2.75) is 38.7 Å². The Morgan fingerprint density at radius 3 is 2.59 bits per heavy atom. The number of hydrogen-bond donors (Lipinski definition) is 2. The third-order valence-electron chi connectivity index (χ3n) is 5.78. The average Bonchev–Trinajstić information content (AvgIpc) is 2.79. The van der Waals surface area contributed by atoms with E-state index in [1.54, 1.807) is 32.0 Å². The lowest BCUT2D eigenvalue weighted by Gasteiger charge is -2.33. The number of carbonyl (C=O) groups is 1. The van der Waals surface area contributed by atoms with Gasteiger partial charge in [0.05, 0.1) is 17.3 Å². The van der Waals surface area contributed by atoms with Crippen LogP contribution in [0.25, 0.3) is 5.65 Å². The third-order valence-corrected chi connectivity index (χ3v) is 5.78. The van der Waals surface area contributed by atoms with Gasteiger partial charge in [-0.05, 0) is 26.0 Å². The topological polar surface area (TPSA) is 124 Å². The minimum absolute atomic E-state index is 0.0429. The van der Waals surface area contributed by atoms with Crippen molar-refractivity contribution in [2.75, 3.05) is 23.3 Å². The molecule has 1 aliphatic heterocycles. The minimum atomic E-state index is -2.80. The van der Waals surface area contributed by atoms with Crippen LogP contribution in [0.5, 0.6) is 0 Å². The van der Waals surface area contributed by atoms with Crippen molar-refractivity contribution in [3.05, 3.63) is 63.3 Å². The Hall–Kier alpha value is -4.07. The number of aromatic nitrogens is 3. The number of nitrogens with one attached hydrogen (secondary N) is 1. The zero-order valence-corrected chi connectivity index (χ0v) is 18.5. The number of anilines is 2. The number of carboxylic acid groups (broad SMARTS) is 1. The average molecular weight is 468 g/mol. The van der Waals surface area contributed by atoms with E-state index < -0.39 is 36.3 Å². The van der Waals surface area contributed by atoms with Crippen molar-refractivity contribution in [3.63, 3.8) is 0 Å². The van der Waals surface area contributed by atoms with Gasteiger partial charge in [0, 0.05) is 37.8 Å². The van der Waals surface area contributed by atoms with Crippen LogP contribution in [-0.4, -0.2) is 44.5 Å². The predicted octanol–water partition coefficient (Wildman–Crippen LogP) is 3.38. The molecule has 1 aromatic carbocycles. The molecule has 1 atom stereocenters. The van der Waals surface area contributed by atoms with Crippen LogP contribution >= 0.6 is 0 Å². The molecule has 3 heterocycles. The second kappa shape index (κ2) is 8.70. The van der Waals surface area contributed by atoms with Crippen LogP contribution in [0.2, 0.25) is 0 Å². The molecule has 3 aromatic rings. The van der Waals surface area contributed by atoms with Crippen LogP contribution in [0.15, 0.2) is 35.3 Å². The molecule has 34 heavy (non-hydrogen) atoms. The Morgan fingerprint density at radius 2 is 1.94 bits per heavy atom. The molecule has 0 bridgehead atoms. The molecule has 176 valence electrons. The summed E-state index contributed by atoms with van der Waals surface area (Å²) in [6.45, 7) is 3.34. The summed E-state index contributed by atoms with van der Waals surface area (Å²) < 4.78 is 28.6. The highest BCUT2D eigenvalue weighted by Gasteiger charge is 2.35. The second-order valence-corrected chi connectivity index (χ2v) is 8.25. The first-order valence-corrected chi connectivity index (χ1v) is 10.7. The van der Waals surface area contributed by atoms with Gasteiger partial charge in [0.1, 0.15) is 11.8 Å². The second-order valence-electron chi connectivity index (χ2n) is 8.25. The maximum Gasteiger partial charge on any atom is 0.337 e. The van der Waals surface area contributed by atoms with Gasteiger partial charge < -0.3 is 15.3 Å². The van der Waals surface area contributed by atoms with Crippen molar-refractivity contribution in [1.82, 2.24) is 14.4 Å². The smallest absolute Gasteiger partial charge is 0.337 e. The lowest BCUT2D eigenvalue weighted by atomic mass is 10.1. The Morgan fingerprint density at radius 1 is 1.26 bits per heavy atom. The van der Waals surface area contributed by atoms with E-state index in [1.165, 1.54) is 21.6 Å². The van der Waals surface area contributed by atoms with E-state index in [2.05, 4.69) is 15.3 Å². The number of aryl methyl sites for hydroxylation is 1. The molecule has 11 heteroatoms. The number of carboxylic acids is 1. The summed E-state index contributed by atoms with van der Waals surface area (Å²) in [5.74, 6) is -3.85. The van der Waals surface area contributed by atoms with E-state index in [-0.39, 0.29) is 35.7 Å². The van der Waals surface area contributed by atoms with Gasteiger partial charge in [0.15, 0.2) is 17.0 Å². The van der Waals surface area contributed by atoms with Gasteiger partial charge in [-0.3, -0.25) is 14.2 Å². The summed E-state index contributed by atoms with van der Waals surface area (Å²) >= 11 is 0. The molecule has 1 unspecified atom stereocenters. The molecule has 9 nitrogen and oxygen atoms in total. The number of benzene rings is 1. The van der Waals surface area contributed by atoms with Gasteiger partial charge in [-0.15, -0.1) is 0 Å². The fraction of sp³-hybridized carbons (Fsp3) is 0.348. The molecule has 1 fully saturated rings. The molecule has 2 aromatic heterocycles. The zero-order chi connectivity index (χ0) is 24.6. The Labute approximate surface area is 193 Å². The standard InChI is InChI=1S/C23H22F2N6O3/c1-13-12-31-20(18(27-13)14(2)28-17-6-4-3-5-15(17)22(33)34)29-19(16(11-26)21(31)32)30-9-7-23(24,25)8-10-30/h3-6,12,14,28H,7-10H2,1-2H3,(H,33,34). The van der Waals surface area contributed by atoms with Crippen molar-refractivity contribution >= 4 is 23.1 Å². The summed E-state index contributed by atoms with van der Waals surface area (Å²) in [4.78, 5) is 35.4. The zero-order valence-electron chi connectivity index (χ0n) is 18.5. The van der Waals surface area contributed by atoms with E-state index in [0.717, 1.165) is 0 Å². The normalized spacial score (nSPS) is 16.1. The monoisotopic (exact) mass is 468 g/mol. The molecule has 0 aliphatic carbocycles. The van der Waals surface area contributed by atoms with Crippen LogP contribution in [0.1, 0.15) is 53.1 Å². The molecule has 0 spiro atoms.